The topological polar surface area (TPSA) is 37.3 Å². The highest BCUT2D eigenvalue weighted by molar-refractivity contribution is 5.75. The molecule has 21 heavy (non-hydrogen) atoms. The van der Waals surface area contributed by atoms with E-state index in [1.54, 1.807) is 0 Å². The molecule has 2 saturated carbocycles. The van der Waals surface area contributed by atoms with Gasteiger partial charge in [0.15, 0.2) is 0 Å². The first-order valence-electron chi connectivity index (χ1n) is 8.38. The standard InChI is InChI=1S/C19H30O2/c1-5-6-7-9-15-14(2)10-11-16-18(15,3)12-8-13-19(16,4)17(20)21/h5,15-16H,1-2,6-13H2,3-4H3,(H,20,21). The predicted octanol–water partition coefficient (Wildman–Crippen LogP) is 5.21. The maximum atomic E-state index is 11.9. The lowest BCUT2D eigenvalue weighted by atomic mass is 9.46. The summed E-state index contributed by atoms with van der Waals surface area (Å²) >= 11 is 0. The Morgan fingerprint density at radius 2 is 2.14 bits per heavy atom. The van der Waals surface area contributed by atoms with Crippen LogP contribution in [0, 0.1) is 22.7 Å². The van der Waals surface area contributed by atoms with E-state index < -0.39 is 11.4 Å². The van der Waals surface area contributed by atoms with Crippen LogP contribution in [-0.4, -0.2) is 11.1 Å². The van der Waals surface area contributed by atoms with Crippen molar-refractivity contribution >= 4 is 5.97 Å². The molecule has 0 spiro atoms. The molecule has 2 aliphatic rings. The van der Waals surface area contributed by atoms with Crippen LogP contribution in [-0.2, 0) is 4.79 Å². The number of aliphatic carboxylic acids is 1. The van der Waals surface area contributed by atoms with E-state index in [1.165, 1.54) is 5.57 Å². The SMILES string of the molecule is C=CCCCC1C(=C)CCC2C(C)(C(=O)O)CCCC12C. The fourth-order valence-corrected chi connectivity index (χ4v) is 5.20. The largest absolute Gasteiger partial charge is 0.481 e. The van der Waals surface area contributed by atoms with E-state index in [4.69, 9.17) is 0 Å². The third kappa shape index (κ3) is 2.69. The lowest BCUT2D eigenvalue weighted by Gasteiger charge is -2.57. The zero-order valence-electron chi connectivity index (χ0n) is 13.7. The monoisotopic (exact) mass is 290 g/mol. The number of rotatable bonds is 5. The number of fused-ring (bicyclic) bond motifs is 1. The average molecular weight is 290 g/mol. The van der Waals surface area contributed by atoms with Gasteiger partial charge in [0.1, 0.15) is 0 Å². The second kappa shape index (κ2) is 5.98. The van der Waals surface area contributed by atoms with Gasteiger partial charge in [-0.2, -0.15) is 0 Å². The van der Waals surface area contributed by atoms with E-state index in [0.29, 0.717) is 5.92 Å². The van der Waals surface area contributed by atoms with E-state index in [1.807, 2.05) is 13.0 Å². The van der Waals surface area contributed by atoms with Crippen LogP contribution in [0.2, 0.25) is 0 Å². The Morgan fingerprint density at radius 1 is 1.43 bits per heavy atom. The molecule has 4 atom stereocenters. The zero-order chi connectivity index (χ0) is 15.7. The normalized spacial score (nSPS) is 39.6. The van der Waals surface area contributed by atoms with Gasteiger partial charge in [-0.15, -0.1) is 6.58 Å². The molecule has 118 valence electrons. The number of allylic oxidation sites excluding steroid dienone is 2. The van der Waals surface area contributed by atoms with Crippen LogP contribution >= 0.6 is 0 Å². The van der Waals surface area contributed by atoms with Crippen molar-refractivity contribution in [3.63, 3.8) is 0 Å². The highest BCUT2D eigenvalue weighted by Crippen LogP contribution is 2.61. The first-order valence-corrected chi connectivity index (χ1v) is 8.38. The third-order valence-electron chi connectivity index (χ3n) is 6.41. The van der Waals surface area contributed by atoms with Crippen LogP contribution in [0.4, 0.5) is 0 Å². The molecule has 0 aromatic heterocycles. The minimum absolute atomic E-state index is 0.113. The van der Waals surface area contributed by atoms with Crippen LogP contribution in [0.1, 0.15) is 65.2 Å². The van der Waals surface area contributed by atoms with Gasteiger partial charge in [-0.25, -0.2) is 0 Å². The van der Waals surface area contributed by atoms with Gasteiger partial charge in [-0.1, -0.05) is 31.6 Å². The summed E-state index contributed by atoms with van der Waals surface area (Å²) in [5.41, 5.74) is 0.916. The molecule has 2 nitrogen and oxygen atoms in total. The molecule has 4 unspecified atom stereocenters. The second-order valence-corrected chi connectivity index (χ2v) is 7.60. The minimum Gasteiger partial charge on any atom is -0.481 e. The Morgan fingerprint density at radius 3 is 2.76 bits per heavy atom. The van der Waals surface area contributed by atoms with Gasteiger partial charge in [0.05, 0.1) is 5.41 Å². The molecule has 0 aliphatic heterocycles. The lowest BCUT2D eigenvalue weighted by molar-refractivity contribution is -0.164. The number of hydrogen-bond acceptors (Lipinski definition) is 1. The third-order valence-corrected chi connectivity index (χ3v) is 6.41. The summed E-state index contributed by atoms with van der Waals surface area (Å²) in [6, 6.07) is 0. The highest BCUT2D eigenvalue weighted by atomic mass is 16.4. The summed E-state index contributed by atoms with van der Waals surface area (Å²) in [5.74, 6) is 0.168. The first-order chi connectivity index (χ1) is 9.86. The van der Waals surface area contributed by atoms with Crippen LogP contribution in [0.25, 0.3) is 0 Å². The molecule has 0 aromatic carbocycles. The van der Waals surface area contributed by atoms with E-state index >= 15 is 0 Å². The Kier molecular flexibility index (Phi) is 4.65. The Bertz CT molecular complexity index is 439. The molecule has 0 radical (unpaired) electrons. The average Bonchev–Trinajstić information content (AvgIpc) is 2.41. The van der Waals surface area contributed by atoms with Gasteiger partial charge in [-0.05, 0) is 69.1 Å². The Labute approximate surface area is 129 Å². The van der Waals surface area contributed by atoms with Crippen LogP contribution < -0.4 is 0 Å². The van der Waals surface area contributed by atoms with Gasteiger partial charge >= 0.3 is 5.97 Å². The van der Waals surface area contributed by atoms with Crippen LogP contribution in [0.15, 0.2) is 24.8 Å². The minimum atomic E-state index is -0.601. The second-order valence-electron chi connectivity index (χ2n) is 7.60. The fraction of sp³-hybridized carbons (Fsp3) is 0.737. The van der Waals surface area contributed by atoms with Gasteiger partial charge in [0.2, 0.25) is 0 Å². The maximum absolute atomic E-state index is 11.9. The molecule has 1 N–H and O–H groups in total. The van der Waals surface area contributed by atoms with Crippen molar-refractivity contribution in [1.29, 1.82) is 0 Å². The Hall–Kier alpha value is -1.05. The predicted molar refractivity (Wildman–Crippen MR) is 87.1 cm³/mol. The summed E-state index contributed by atoms with van der Waals surface area (Å²) in [6.07, 6.45) is 10.3. The Balaban J connectivity index is 2.28. The highest BCUT2D eigenvalue weighted by Gasteiger charge is 2.57. The van der Waals surface area contributed by atoms with Gasteiger partial charge in [0.25, 0.3) is 0 Å². The molecular weight excluding hydrogens is 260 g/mol. The van der Waals surface area contributed by atoms with Crippen LogP contribution in [0.5, 0.6) is 0 Å². The van der Waals surface area contributed by atoms with Crippen molar-refractivity contribution in [3.8, 4) is 0 Å². The number of carboxylic acid groups (broad SMARTS) is 1. The van der Waals surface area contributed by atoms with Gasteiger partial charge < -0.3 is 5.11 Å². The molecular formula is C19H30O2. The van der Waals surface area contributed by atoms with Crippen molar-refractivity contribution < 1.29 is 9.90 Å². The molecule has 0 aromatic rings. The lowest BCUT2D eigenvalue weighted by Crippen LogP contribution is -2.53. The molecule has 0 amide bonds. The van der Waals surface area contributed by atoms with E-state index in [9.17, 15) is 9.90 Å². The van der Waals surface area contributed by atoms with E-state index in [0.717, 1.165) is 51.4 Å². The fourth-order valence-electron chi connectivity index (χ4n) is 5.20. The molecule has 2 aliphatic carbocycles. The first kappa shape index (κ1) is 16.3. The van der Waals surface area contributed by atoms with Crippen molar-refractivity contribution in [2.45, 2.75) is 65.2 Å². The summed E-state index contributed by atoms with van der Waals surface area (Å²) in [6.45, 7) is 12.4. The van der Waals surface area contributed by atoms with Crippen LogP contribution in [0.3, 0.4) is 0 Å². The number of carboxylic acids is 1. The summed E-state index contributed by atoms with van der Waals surface area (Å²) in [4.78, 5) is 11.9. The molecule has 0 saturated heterocycles. The van der Waals surface area contributed by atoms with E-state index in [-0.39, 0.29) is 11.3 Å². The van der Waals surface area contributed by atoms with Gasteiger partial charge in [0, 0.05) is 0 Å². The summed E-state index contributed by atoms with van der Waals surface area (Å²) < 4.78 is 0. The quantitative estimate of drug-likeness (QED) is 0.557. The molecule has 2 fully saturated rings. The molecule has 0 heterocycles. The maximum Gasteiger partial charge on any atom is 0.309 e. The van der Waals surface area contributed by atoms with Gasteiger partial charge in [-0.3, -0.25) is 4.79 Å². The summed E-state index contributed by atoms with van der Waals surface area (Å²) in [7, 11) is 0. The molecule has 2 heteroatoms. The van der Waals surface area contributed by atoms with Crippen molar-refractivity contribution in [3.05, 3.63) is 24.8 Å². The number of carbonyl (C=O) groups is 1. The zero-order valence-corrected chi connectivity index (χ0v) is 13.7. The summed E-state index contributed by atoms with van der Waals surface area (Å²) in [5, 5.41) is 9.78. The van der Waals surface area contributed by atoms with Crippen molar-refractivity contribution in [1.82, 2.24) is 0 Å². The molecule has 2 rings (SSSR count). The van der Waals surface area contributed by atoms with Crippen molar-refractivity contribution in [2.75, 3.05) is 0 Å². The molecule has 0 bridgehead atoms. The number of hydrogen-bond donors (Lipinski definition) is 1. The van der Waals surface area contributed by atoms with Crippen molar-refractivity contribution in [2.24, 2.45) is 22.7 Å². The number of unbranched alkanes of at least 4 members (excludes halogenated alkanes) is 1. The smallest absolute Gasteiger partial charge is 0.309 e. The van der Waals surface area contributed by atoms with E-state index in [2.05, 4.69) is 20.1 Å².